The van der Waals surface area contributed by atoms with E-state index in [0.717, 1.165) is 5.69 Å². The molecule has 0 fully saturated rings. The van der Waals surface area contributed by atoms with E-state index in [4.69, 9.17) is 0 Å². The lowest BCUT2D eigenvalue weighted by atomic mass is 10.3. The number of benzene rings is 1. The number of anilines is 1. The first-order chi connectivity index (χ1) is 6.33. The van der Waals surface area contributed by atoms with Gasteiger partial charge in [0.05, 0.1) is 7.11 Å². The topological polar surface area (TPSA) is 38.3 Å². The minimum Gasteiger partial charge on any atom is -0.450 e. The van der Waals surface area contributed by atoms with Crippen LogP contribution in [0.15, 0.2) is 30.3 Å². The normalized spacial score (nSPS) is 8.08. The van der Waals surface area contributed by atoms with Gasteiger partial charge in [-0.1, -0.05) is 18.2 Å². The molecule has 0 aliphatic rings. The Kier molecular flexibility index (Phi) is 3.40. The number of hydrogen-bond acceptors (Lipinski definition) is 2. The molecule has 0 saturated heterocycles. The molecule has 0 aliphatic heterocycles. The summed E-state index contributed by atoms with van der Waals surface area (Å²) in [5.74, 6) is 1.88. The van der Waals surface area contributed by atoms with Crippen molar-refractivity contribution in [3.8, 4) is 12.0 Å². The predicted octanol–water partition coefficient (Wildman–Crippen LogP) is 1.23. The number of methoxy groups -OCH3 is 1. The third-order valence-electron chi connectivity index (χ3n) is 1.30. The number of para-hydroxylation sites is 1. The Balaban J connectivity index is 2.55. The number of hydrogen-bond donors (Lipinski definition) is 1. The fourth-order valence-corrected chi connectivity index (χ4v) is 0.781. The van der Waals surface area contributed by atoms with Crippen LogP contribution in [0.1, 0.15) is 0 Å². The summed E-state index contributed by atoms with van der Waals surface area (Å²) in [4.78, 5) is 11.0. The fraction of sp³-hybridized carbons (Fsp3) is 0.100. The number of nitrogens with one attached hydrogen (secondary N) is 1. The lowest BCUT2D eigenvalue weighted by molar-refractivity contribution is -0.111. The van der Waals surface area contributed by atoms with Crippen LogP contribution in [0.25, 0.3) is 0 Å². The molecule has 1 amide bonds. The molecule has 1 aromatic rings. The first kappa shape index (κ1) is 9.14. The summed E-state index contributed by atoms with van der Waals surface area (Å²) in [6.07, 6.45) is 2.21. The second-order valence-corrected chi connectivity index (χ2v) is 2.25. The summed E-state index contributed by atoms with van der Waals surface area (Å²) in [7, 11) is 1.41. The van der Waals surface area contributed by atoms with E-state index in [1.165, 1.54) is 7.11 Å². The van der Waals surface area contributed by atoms with Crippen molar-refractivity contribution < 1.29 is 9.53 Å². The Hall–Kier alpha value is -1.95. The van der Waals surface area contributed by atoms with Crippen LogP contribution in [0, 0.1) is 12.0 Å². The molecular weight excluding hydrogens is 166 g/mol. The van der Waals surface area contributed by atoms with E-state index in [-0.39, 0.29) is 5.91 Å². The minimum absolute atomic E-state index is 0.381. The Labute approximate surface area is 76.7 Å². The van der Waals surface area contributed by atoms with E-state index >= 15 is 0 Å². The molecule has 0 aliphatic carbocycles. The van der Waals surface area contributed by atoms with Crippen LogP contribution >= 0.6 is 0 Å². The number of amides is 1. The molecule has 0 atom stereocenters. The second kappa shape index (κ2) is 4.83. The summed E-state index contributed by atoms with van der Waals surface area (Å²) in [5, 5.41) is 2.58. The predicted molar refractivity (Wildman–Crippen MR) is 49.9 cm³/mol. The molecular formula is C10H9NO2. The van der Waals surface area contributed by atoms with E-state index < -0.39 is 0 Å². The van der Waals surface area contributed by atoms with Crippen LogP contribution < -0.4 is 5.32 Å². The van der Waals surface area contributed by atoms with Gasteiger partial charge in [0.1, 0.15) is 6.11 Å². The van der Waals surface area contributed by atoms with Crippen molar-refractivity contribution in [2.45, 2.75) is 0 Å². The molecule has 0 saturated carbocycles. The van der Waals surface area contributed by atoms with E-state index in [2.05, 4.69) is 22.1 Å². The first-order valence-corrected chi connectivity index (χ1v) is 3.73. The van der Waals surface area contributed by atoms with Gasteiger partial charge in [-0.15, -0.1) is 0 Å². The van der Waals surface area contributed by atoms with Crippen LogP contribution in [0.2, 0.25) is 0 Å². The van der Waals surface area contributed by atoms with Gasteiger partial charge in [0.2, 0.25) is 0 Å². The molecule has 0 aromatic heterocycles. The third kappa shape index (κ3) is 3.30. The highest BCUT2D eigenvalue weighted by Crippen LogP contribution is 2.03. The molecule has 3 nitrogen and oxygen atoms in total. The van der Waals surface area contributed by atoms with Gasteiger partial charge in [0, 0.05) is 11.6 Å². The number of rotatable bonds is 1. The fourth-order valence-electron chi connectivity index (χ4n) is 0.781. The van der Waals surface area contributed by atoms with Crippen LogP contribution in [0.4, 0.5) is 5.69 Å². The van der Waals surface area contributed by atoms with Crippen LogP contribution in [-0.2, 0) is 9.53 Å². The van der Waals surface area contributed by atoms with Crippen molar-refractivity contribution in [1.82, 2.24) is 0 Å². The van der Waals surface area contributed by atoms with Crippen molar-refractivity contribution in [2.24, 2.45) is 0 Å². The van der Waals surface area contributed by atoms with Crippen molar-refractivity contribution in [1.29, 1.82) is 0 Å². The summed E-state index contributed by atoms with van der Waals surface area (Å²) in [6, 6.07) is 9.11. The first-order valence-electron chi connectivity index (χ1n) is 3.73. The highest BCUT2D eigenvalue weighted by molar-refractivity contribution is 6.03. The molecule has 66 valence electrons. The van der Waals surface area contributed by atoms with Gasteiger partial charge < -0.3 is 10.1 Å². The van der Waals surface area contributed by atoms with Crippen LogP contribution in [0.3, 0.4) is 0 Å². The highest BCUT2D eigenvalue weighted by Gasteiger charge is 1.95. The van der Waals surface area contributed by atoms with E-state index in [1.807, 2.05) is 18.2 Å². The average molecular weight is 175 g/mol. The quantitative estimate of drug-likeness (QED) is 0.652. The lowest BCUT2D eigenvalue weighted by Gasteiger charge is -1.97. The summed E-state index contributed by atoms with van der Waals surface area (Å²) >= 11 is 0. The maximum Gasteiger partial charge on any atom is 0.303 e. The maximum atomic E-state index is 11.0. The molecule has 1 aromatic carbocycles. The largest absolute Gasteiger partial charge is 0.450 e. The Bertz CT molecular complexity index is 335. The van der Waals surface area contributed by atoms with E-state index in [9.17, 15) is 4.79 Å². The Morgan fingerprint density at radius 3 is 2.69 bits per heavy atom. The SMILES string of the molecule is COC#CC(=O)Nc1ccccc1. The molecule has 0 spiro atoms. The van der Waals surface area contributed by atoms with Gasteiger partial charge in [-0.2, -0.15) is 0 Å². The van der Waals surface area contributed by atoms with E-state index in [1.54, 1.807) is 12.1 Å². The monoisotopic (exact) mass is 175 g/mol. The Morgan fingerprint density at radius 1 is 1.38 bits per heavy atom. The smallest absolute Gasteiger partial charge is 0.303 e. The number of carbonyl (C=O) groups excluding carboxylic acids is 1. The molecule has 0 heterocycles. The zero-order chi connectivity index (χ0) is 9.52. The Morgan fingerprint density at radius 2 is 2.08 bits per heavy atom. The van der Waals surface area contributed by atoms with Crippen molar-refractivity contribution in [3.05, 3.63) is 30.3 Å². The summed E-state index contributed by atoms with van der Waals surface area (Å²) in [5.41, 5.74) is 0.720. The summed E-state index contributed by atoms with van der Waals surface area (Å²) < 4.78 is 4.43. The van der Waals surface area contributed by atoms with Gasteiger partial charge >= 0.3 is 5.91 Å². The summed E-state index contributed by atoms with van der Waals surface area (Å²) in [6.45, 7) is 0. The van der Waals surface area contributed by atoms with Crippen LogP contribution in [-0.4, -0.2) is 13.0 Å². The van der Waals surface area contributed by atoms with Crippen LogP contribution in [0.5, 0.6) is 0 Å². The molecule has 3 heteroatoms. The van der Waals surface area contributed by atoms with E-state index in [0.29, 0.717) is 0 Å². The van der Waals surface area contributed by atoms with Crippen molar-refractivity contribution in [2.75, 3.05) is 12.4 Å². The third-order valence-corrected chi connectivity index (χ3v) is 1.30. The molecule has 0 unspecified atom stereocenters. The van der Waals surface area contributed by atoms with Gasteiger partial charge in [0.15, 0.2) is 0 Å². The standard InChI is InChI=1S/C10H9NO2/c1-13-8-7-10(12)11-9-5-3-2-4-6-9/h2-6H,1H3,(H,11,12). The number of ether oxygens (including phenoxy) is 1. The highest BCUT2D eigenvalue weighted by atomic mass is 16.5. The minimum atomic E-state index is -0.381. The van der Waals surface area contributed by atoms with Gasteiger partial charge in [-0.3, -0.25) is 4.79 Å². The zero-order valence-corrected chi connectivity index (χ0v) is 7.20. The van der Waals surface area contributed by atoms with Gasteiger partial charge in [-0.05, 0) is 12.1 Å². The average Bonchev–Trinajstić information content (AvgIpc) is 2.16. The second-order valence-electron chi connectivity index (χ2n) is 2.25. The van der Waals surface area contributed by atoms with Gasteiger partial charge in [-0.25, -0.2) is 0 Å². The number of carbonyl (C=O) groups is 1. The maximum absolute atomic E-state index is 11.0. The molecule has 1 rings (SSSR count). The molecule has 13 heavy (non-hydrogen) atoms. The van der Waals surface area contributed by atoms with Crippen molar-refractivity contribution in [3.63, 3.8) is 0 Å². The molecule has 0 bridgehead atoms. The molecule has 1 N–H and O–H groups in total. The van der Waals surface area contributed by atoms with Gasteiger partial charge in [0.25, 0.3) is 0 Å². The lowest BCUT2D eigenvalue weighted by Crippen LogP contribution is -2.08. The zero-order valence-electron chi connectivity index (χ0n) is 7.20. The molecule has 0 radical (unpaired) electrons. The van der Waals surface area contributed by atoms with Crippen molar-refractivity contribution >= 4 is 11.6 Å².